The lowest BCUT2D eigenvalue weighted by Crippen LogP contribution is -2.24. The van der Waals surface area contributed by atoms with Crippen LogP contribution in [0.25, 0.3) is 10.2 Å². The third-order valence-corrected chi connectivity index (χ3v) is 7.63. The molecule has 10 heteroatoms. The molecule has 0 bridgehead atoms. The highest BCUT2D eigenvalue weighted by atomic mass is 32.2. The first-order valence-electron chi connectivity index (χ1n) is 11.6. The van der Waals surface area contributed by atoms with Crippen LogP contribution in [0.1, 0.15) is 41.0 Å². The minimum absolute atomic E-state index is 0.0720. The van der Waals surface area contributed by atoms with Gasteiger partial charge in [0.1, 0.15) is 5.75 Å². The number of ether oxygens (including phenoxy) is 1. The number of hydrogen-bond acceptors (Lipinski definition) is 7. The highest BCUT2D eigenvalue weighted by molar-refractivity contribution is 8.00. The number of anilines is 2. The van der Waals surface area contributed by atoms with E-state index in [0.717, 1.165) is 20.9 Å². The molecule has 0 fully saturated rings. The number of nitrogens with zero attached hydrogens (tertiary/aromatic N) is 1. The Kier molecular flexibility index (Phi) is 8.42. The average Bonchev–Trinajstić information content (AvgIpc) is 3.29. The summed E-state index contributed by atoms with van der Waals surface area (Å²) in [6.45, 7) is 4.43. The van der Waals surface area contributed by atoms with Crippen LogP contribution in [0, 0.1) is 0 Å². The molecule has 1 atom stereocenters. The summed E-state index contributed by atoms with van der Waals surface area (Å²) in [7, 11) is 0. The molecule has 1 heterocycles. The van der Waals surface area contributed by atoms with Gasteiger partial charge in [-0.25, -0.2) is 9.78 Å². The molecule has 1 aromatic heterocycles. The number of carbonyl (C=O) groups excluding carboxylic acids is 2. The van der Waals surface area contributed by atoms with Gasteiger partial charge in [-0.2, -0.15) is 0 Å². The lowest BCUT2D eigenvalue weighted by molar-refractivity contribution is -0.115. The van der Waals surface area contributed by atoms with Gasteiger partial charge in [-0.3, -0.25) is 9.59 Å². The molecule has 4 rings (SSSR count). The highest BCUT2D eigenvalue weighted by Crippen LogP contribution is 2.32. The van der Waals surface area contributed by atoms with Crippen LogP contribution in [0.4, 0.5) is 10.8 Å². The summed E-state index contributed by atoms with van der Waals surface area (Å²) in [6.07, 6.45) is 0.582. The van der Waals surface area contributed by atoms with Crippen molar-refractivity contribution in [2.24, 2.45) is 0 Å². The first-order valence-corrected chi connectivity index (χ1v) is 13.3. The third-order valence-electron chi connectivity index (χ3n) is 5.34. The zero-order valence-electron chi connectivity index (χ0n) is 20.2. The predicted molar refractivity (Wildman–Crippen MR) is 147 cm³/mol. The number of amides is 2. The maximum Gasteiger partial charge on any atom is 0.336 e. The van der Waals surface area contributed by atoms with E-state index >= 15 is 0 Å². The van der Waals surface area contributed by atoms with Gasteiger partial charge in [-0.1, -0.05) is 36.5 Å². The van der Waals surface area contributed by atoms with Crippen molar-refractivity contribution in [1.29, 1.82) is 0 Å². The van der Waals surface area contributed by atoms with Crippen molar-refractivity contribution >= 4 is 61.9 Å². The Balaban J connectivity index is 1.43. The number of hydrogen-bond donors (Lipinski definition) is 3. The second-order valence-corrected chi connectivity index (χ2v) is 10.2. The molecule has 2 amide bonds. The zero-order chi connectivity index (χ0) is 26.4. The second kappa shape index (κ2) is 11.9. The SMILES string of the molecule is CCOc1ccc2nc(NC(=O)C(CC)Sc3cccc(NC(=O)c4ccccc4C(=O)O)c3)sc2c1. The Morgan fingerprint density at radius 2 is 1.78 bits per heavy atom. The maximum atomic E-state index is 13.0. The van der Waals surface area contributed by atoms with E-state index in [1.165, 1.54) is 35.2 Å². The number of carboxylic acid groups (broad SMARTS) is 1. The van der Waals surface area contributed by atoms with Crippen LogP contribution < -0.4 is 15.4 Å². The van der Waals surface area contributed by atoms with E-state index in [-0.39, 0.29) is 22.3 Å². The number of fused-ring (bicyclic) bond motifs is 1. The van der Waals surface area contributed by atoms with Gasteiger partial charge in [0.2, 0.25) is 5.91 Å². The van der Waals surface area contributed by atoms with Crippen LogP contribution in [0.2, 0.25) is 0 Å². The van der Waals surface area contributed by atoms with Crippen molar-refractivity contribution in [2.75, 3.05) is 17.2 Å². The number of aromatic carboxylic acids is 1. The predicted octanol–water partition coefficient (Wildman–Crippen LogP) is 6.15. The Hall–Kier alpha value is -3.89. The van der Waals surface area contributed by atoms with Crippen molar-refractivity contribution in [3.8, 4) is 5.75 Å². The number of carboxylic acids is 1. The molecule has 8 nitrogen and oxygen atoms in total. The van der Waals surface area contributed by atoms with Crippen LogP contribution in [-0.2, 0) is 4.79 Å². The number of carbonyl (C=O) groups is 3. The smallest absolute Gasteiger partial charge is 0.336 e. The zero-order valence-corrected chi connectivity index (χ0v) is 21.8. The molecule has 0 saturated heterocycles. The fraction of sp³-hybridized carbons (Fsp3) is 0.185. The minimum Gasteiger partial charge on any atom is -0.494 e. The van der Waals surface area contributed by atoms with E-state index in [2.05, 4.69) is 15.6 Å². The fourth-order valence-corrected chi connectivity index (χ4v) is 5.51. The number of aromatic nitrogens is 1. The maximum absolute atomic E-state index is 13.0. The number of benzene rings is 3. The summed E-state index contributed by atoms with van der Waals surface area (Å²) in [5.74, 6) is -1.10. The van der Waals surface area contributed by atoms with Gasteiger partial charge in [0.25, 0.3) is 5.91 Å². The van der Waals surface area contributed by atoms with Crippen molar-refractivity contribution in [2.45, 2.75) is 30.4 Å². The molecule has 0 aliphatic rings. The molecule has 0 saturated carbocycles. The lowest BCUT2D eigenvalue weighted by Gasteiger charge is -2.14. The van der Waals surface area contributed by atoms with E-state index in [0.29, 0.717) is 23.8 Å². The summed E-state index contributed by atoms with van der Waals surface area (Å²) in [4.78, 5) is 42.5. The van der Waals surface area contributed by atoms with E-state index in [9.17, 15) is 19.5 Å². The van der Waals surface area contributed by atoms with Gasteiger partial charge in [-0.15, -0.1) is 11.8 Å². The molecule has 4 aromatic rings. The molecule has 3 aromatic carbocycles. The molecular weight excluding hydrogens is 510 g/mol. The monoisotopic (exact) mass is 535 g/mol. The van der Waals surface area contributed by atoms with Gasteiger partial charge < -0.3 is 20.5 Å². The summed E-state index contributed by atoms with van der Waals surface area (Å²) in [5, 5.41) is 15.2. The van der Waals surface area contributed by atoms with Crippen LogP contribution in [0.15, 0.2) is 71.6 Å². The molecule has 0 spiro atoms. The fourth-order valence-electron chi connectivity index (χ4n) is 3.60. The first-order chi connectivity index (χ1) is 17.9. The largest absolute Gasteiger partial charge is 0.494 e. The third kappa shape index (κ3) is 6.46. The quantitative estimate of drug-likeness (QED) is 0.208. The Labute approximate surface area is 222 Å². The number of thioether (sulfide) groups is 1. The summed E-state index contributed by atoms with van der Waals surface area (Å²) in [6, 6.07) is 18.8. The van der Waals surface area contributed by atoms with Crippen molar-refractivity contribution in [3.63, 3.8) is 0 Å². The molecule has 190 valence electrons. The van der Waals surface area contributed by atoms with Crippen LogP contribution in [-0.4, -0.2) is 39.7 Å². The molecule has 3 N–H and O–H groups in total. The molecule has 0 radical (unpaired) electrons. The lowest BCUT2D eigenvalue weighted by atomic mass is 10.1. The minimum atomic E-state index is -1.17. The average molecular weight is 536 g/mol. The van der Waals surface area contributed by atoms with E-state index in [4.69, 9.17) is 4.74 Å². The standard InChI is InChI=1S/C27H25N3O5S2/c1-3-22(25(32)30-27-29-21-13-12-17(35-4-2)15-23(21)37-27)36-18-9-7-8-16(14-18)28-24(31)19-10-5-6-11-20(19)26(33)34/h5-15,22H,3-4H2,1-2H3,(H,28,31)(H,33,34)(H,29,30,32). The van der Waals surface area contributed by atoms with Crippen LogP contribution >= 0.6 is 23.1 Å². The van der Waals surface area contributed by atoms with E-state index in [1.807, 2.05) is 38.1 Å². The second-order valence-electron chi connectivity index (χ2n) is 7.92. The van der Waals surface area contributed by atoms with Crippen molar-refractivity contribution < 1.29 is 24.2 Å². The van der Waals surface area contributed by atoms with Crippen LogP contribution in [0.3, 0.4) is 0 Å². The van der Waals surface area contributed by atoms with E-state index in [1.54, 1.807) is 30.3 Å². The molecule has 37 heavy (non-hydrogen) atoms. The summed E-state index contributed by atoms with van der Waals surface area (Å²) < 4.78 is 6.46. The highest BCUT2D eigenvalue weighted by Gasteiger charge is 2.21. The Morgan fingerprint density at radius 3 is 2.51 bits per heavy atom. The van der Waals surface area contributed by atoms with Crippen LogP contribution in [0.5, 0.6) is 5.75 Å². The Morgan fingerprint density at radius 1 is 1.00 bits per heavy atom. The van der Waals surface area contributed by atoms with Gasteiger partial charge in [0, 0.05) is 10.6 Å². The number of rotatable bonds is 10. The van der Waals surface area contributed by atoms with Gasteiger partial charge in [-0.05, 0) is 61.9 Å². The first kappa shape index (κ1) is 26.2. The Bertz CT molecular complexity index is 1450. The van der Waals surface area contributed by atoms with E-state index < -0.39 is 11.9 Å². The van der Waals surface area contributed by atoms with Gasteiger partial charge in [0.05, 0.1) is 33.2 Å². The number of thiazole rings is 1. The van der Waals surface area contributed by atoms with Crippen molar-refractivity contribution in [1.82, 2.24) is 4.98 Å². The summed E-state index contributed by atoms with van der Waals surface area (Å²) in [5.41, 5.74) is 1.29. The number of nitrogens with one attached hydrogen (secondary N) is 2. The summed E-state index contributed by atoms with van der Waals surface area (Å²) >= 11 is 2.77. The van der Waals surface area contributed by atoms with Gasteiger partial charge in [0.15, 0.2) is 5.13 Å². The topological polar surface area (TPSA) is 118 Å². The molecule has 0 aliphatic heterocycles. The van der Waals surface area contributed by atoms with Crippen molar-refractivity contribution in [3.05, 3.63) is 77.9 Å². The molecular formula is C27H25N3O5S2. The normalized spacial score (nSPS) is 11.6. The molecule has 0 aliphatic carbocycles. The van der Waals surface area contributed by atoms with Gasteiger partial charge >= 0.3 is 5.97 Å². The molecule has 1 unspecified atom stereocenters.